The minimum atomic E-state index is 0.254. The van der Waals surface area contributed by atoms with E-state index < -0.39 is 0 Å². The third-order valence-electron chi connectivity index (χ3n) is 2.95. The molecule has 5 heteroatoms. The fourth-order valence-corrected chi connectivity index (χ4v) is 1.89. The van der Waals surface area contributed by atoms with Crippen molar-refractivity contribution in [2.45, 2.75) is 39.3 Å². The van der Waals surface area contributed by atoms with E-state index >= 15 is 0 Å². The van der Waals surface area contributed by atoms with Crippen molar-refractivity contribution < 1.29 is 14.2 Å². The molecule has 0 fully saturated rings. The Hall–Kier alpha value is -1.93. The third kappa shape index (κ3) is 3.78. The van der Waals surface area contributed by atoms with E-state index in [0.717, 1.165) is 23.5 Å². The summed E-state index contributed by atoms with van der Waals surface area (Å²) in [5.41, 5.74) is 1.04. The van der Waals surface area contributed by atoms with E-state index in [-0.39, 0.29) is 6.79 Å². The number of hydrogen-bond acceptors (Lipinski definition) is 5. The van der Waals surface area contributed by atoms with Gasteiger partial charge in [-0.1, -0.05) is 13.8 Å². The summed E-state index contributed by atoms with van der Waals surface area (Å²) in [6.45, 7) is 5.69. The van der Waals surface area contributed by atoms with Crippen molar-refractivity contribution >= 4 is 0 Å². The summed E-state index contributed by atoms with van der Waals surface area (Å²) in [7, 11) is 0. The molecule has 0 atom stereocenters. The van der Waals surface area contributed by atoms with Gasteiger partial charge in [0, 0.05) is 30.6 Å². The zero-order chi connectivity index (χ0) is 14.4. The van der Waals surface area contributed by atoms with Crippen LogP contribution in [0, 0.1) is 11.3 Å². The molecule has 0 saturated carbocycles. The highest BCUT2D eigenvalue weighted by Gasteiger charge is 2.18. The van der Waals surface area contributed by atoms with Crippen LogP contribution in [0.5, 0.6) is 17.2 Å². The predicted octanol–water partition coefficient (Wildman–Crippen LogP) is 2.60. The number of hydrogen-bond donors (Lipinski definition) is 1. The monoisotopic (exact) mass is 276 g/mol. The maximum absolute atomic E-state index is 8.54. The molecular formula is C15H20N2O3. The van der Waals surface area contributed by atoms with Crippen LogP contribution in [0.3, 0.4) is 0 Å². The molecule has 0 aromatic heterocycles. The van der Waals surface area contributed by atoms with Crippen molar-refractivity contribution in [1.29, 1.82) is 5.26 Å². The summed E-state index contributed by atoms with van der Waals surface area (Å²) in [6, 6.07) is 6.33. The molecule has 1 aliphatic heterocycles. The molecular weight excluding hydrogens is 256 g/mol. The van der Waals surface area contributed by atoms with Gasteiger partial charge in [0.25, 0.3) is 0 Å². The van der Waals surface area contributed by atoms with Crippen LogP contribution >= 0.6 is 0 Å². The van der Waals surface area contributed by atoms with E-state index in [9.17, 15) is 0 Å². The van der Waals surface area contributed by atoms with Crippen LogP contribution in [0.4, 0.5) is 0 Å². The Morgan fingerprint density at radius 2 is 2.10 bits per heavy atom. The summed E-state index contributed by atoms with van der Waals surface area (Å²) in [6.07, 6.45) is 1.23. The molecule has 108 valence electrons. The highest BCUT2D eigenvalue weighted by atomic mass is 16.7. The molecule has 5 nitrogen and oxygen atoms in total. The van der Waals surface area contributed by atoms with Gasteiger partial charge in [-0.2, -0.15) is 5.26 Å². The van der Waals surface area contributed by atoms with E-state index in [2.05, 4.69) is 25.2 Å². The molecule has 1 aromatic carbocycles. The molecule has 2 rings (SSSR count). The van der Waals surface area contributed by atoms with Crippen LogP contribution in [-0.4, -0.2) is 19.4 Å². The van der Waals surface area contributed by atoms with Crippen LogP contribution in [0.2, 0.25) is 0 Å². The number of nitrogens with one attached hydrogen (secondary N) is 1. The van der Waals surface area contributed by atoms with Gasteiger partial charge in [0.15, 0.2) is 11.5 Å². The van der Waals surface area contributed by atoms with Crippen LogP contribution < -0.4 is 19.5 Å². The number of nitrogens with zero attached hydrogens (tertiary/aromatic N) is 1. The van der Waals surface area contributed by atoms with Crippen molar-refractivity contribution in [1.82, 2.24) is 5.32 Å². The average molecular weight is 276 g/mol. The predicted molar refractivity (Wildman–Crippen MR) is 74.9 cm³/mol. The van der Waals surface area contributed by atoms with Crippen LogP contribution in [0.1, 0.15) is 32.3 Å². The SMILES string of the molecule is CC(C)NCc1cc2c(cc1OCCCC#N)OCO2. The Labute approximate surface area is 119 Å². The zero-order valence-corrected chi connectivity index (χ0v) is 11.9. The molecule has 0 radical (unpaired) electrons. The van der Waals surface area contributed by atoms with Gasteiger partial charge >= 0.3 is 0 Å². The van der Waals surface area contributed by atoms with Crippen molar-refractivity contribution in [2.24, 2.45) is 0 Å². The first-order chi connectivity index (χ1) is 9.70. The number of rotatable bonds is 7. The van der Waals surface area contributed by atoms with Crippen molar-refractivity contribution in [3.63, 3.8) is 0 Å². The minimum Gasteiger partial charge on any atom is -0.493 e. The molecule has 1 heterocycles. The number of fused-ring (bicyclic) bond motifs is 1. The van der Waals surface area contributed by atoms with Gasteiger partial charge in [-0.3, -0.25) is 0 Å². The van der Waals surface area contributed by atoms with E-state index in [1.54, 1.807) is 0 Å². The van der Waals surface area contributed by atoms with Gasteiger partial charge in [-0.05, 0) is 12.5 Å². The van der Waals surface area contributed by atoms with E-state index in [1.165, 1.54) is 0 Å². The minimum absolute atomic E-state index is 0.254. The number of ether oxygens (including phenoxy) is 3. The van der Waals surface area contributed by atoms with Gasteiger partial charge in [0.05, 0.1) is 12.7 Å². The lowest BCUT2D eigenvalue weighted by atomic mass is 10.1. The maximum Gasteiger partial charge on any atom is 0.231 e. The fraction of sp³-hybridized carbons (Fsp3) is 0.533. The summed E-state index contributed by atoms with van der Waals surface area (Å²) in [4.78, 5) is 0. The van der Waals surface area contributed by atoms with E-state index in [1.807, 2.05) is 12.1 Å². The molecule has 1 N–H and O–H groups in total. The zero-order valence-electron chi connectivity index (χ0n) is 11.9. The fourth-order valence-electron chi connectivity index (χ4n) is 1.89. The smallest absolute Gasteiger partial charge is 0.231 e. The average Bonchev–Trinajstić information content (AvgIpc) is 2.87. The standard InChI is InChI=1S/C15H20N2O3/c1-11(2)17-9-12-7-14-15(20-10-19-14)8-13(12)18-6-4-3-5-16/h7-8,11,17H,3-4,6,9-10H2,1-2H3. The Morgan fingerprint density at radius 1 is 1.35 bits per heavy atom. The van der Waals surface area contributed by atoms with Crippen LogP contribution in [0.25, 0.3) is 0 Å². The van der Waals surface area contributed by atoms with E-state index in [4.69, 9.17) is 19.5 Å². The Bertz CT molecular complexity index is 495. The van der Waals surface area contributed by atoms with Gasteiger partial charge < -0.3 is 19.5 Å². The number of nitriles is 1. The first-order valence-electron chi connectivity index (χ1n) is 6.86. The third-order valence-corrected chi connectivity index (χ3v) is 2.95. The Kier molecular flexibility index (Phi) is 5.08. The first kappa shape index (κ1) is 14.5. The van der Waals surface area contributed by atoms with E-state index in [0.29, 0.717) is 31.4 Å². The summed E-state index contributed by atoms with van der Waals surface area (Å²) in [5, 5.41) is 11.9. The summed E-state index contributed by atoms with van der Waals surface area (Å²) in [5.74, 6) is 2.27. The molecule has 0 unspecified atom stereocenters. The normalized spacial score (nSPS) is 12.5. The van der Waals surface area contributed by atoms with Gasteiger partial charge in [-0.15, -0.1) is 0 Å². The summed E-state index contributed by atoms with van der Waals surface area (Å²) < 4.78 is 16.5. The first-order valence-corrected chi connectivity index (χ1v) is 6.86. The van der Waals surface area contributed by atoms with Crippen LogP contribution in [-0.2, 0) is 6.54 Å². The quantitative estimate of drug-likeness (QED) is 0.775. The van der Waals surface area contributed by atoms with Gasteiger partial charge in [0.2, 0.25) is 6.79 Å². The lowest BCUT2D eigenvalue weighted by molar-refractivity contribution is 0.173. The van der Waals surface area contributed by atoms with Crippen LogP contribution in [0.15, 0.2) is 12.1 Å². The molecule has 0 spiro atoms. The highest BCUT2D eigenvalue weighted by molar-refractivity contribution is 5.51. The lowest BCUT2D eigenvalue weighted by Crippen LogP contribution is -2.22. The van der Waals surface area contributed by atoms with Gasteiger partial charge in [-0.25, -0.2) is 0 Å². The molecule has 0 saturated heterocycles. The highest BCUT2D eigenvalue weighted by Crippen LogP contribution is 2.38. The second kappa shape index (κ2) is 7.01. The molecule has 1 aliphatic rings. The van der Waals surface area contributed by atoms with Crippen molar-refractivity contribution in [3.8, 4) is 23.3 Å². The topological polar surface area (TPSA) is 63.5 Å². The van der Waals surface area contributed by atoms with Crippen molar-refractivity contribution in [2.75, 3.05) is 13.4 Å². The number of unbranched alkanes of at least 4 members (excludes halogenated alkanes) is 1. The second-order valence-corrected chi connectivity index (χ2v) is 4.96. The number of benzene rings is 1. The molecule has 0 bridgehead atoms. The second-order valence-electron chi connectivity index (χ2n) is 4.96. The molecule has 20 heavy (non-hydrogen) atoms. The maximum atomic E-state index is 8.54. The largest absolute Gasteiger partial charge is 0.493 e. The lowest BCUT2D eigenvalue weighted by Gasteiger charge is -2.14. The summed E-state index contributed by atoms with van der Waals surface area (Å²) >= 11 is 0. The Balaban J connectivity index is 2.08. The molecule has 1 aromatic rings. The Morgan fingerprint density at radius 3 is 2.80 bits per heavy atom. The molecule has 0 aliphatic carbocycles. The molecule has 0 amide bonds. The van der Waals surface area contributed by atoms with Gasteiger partial charge in [0.1, 0.15) is 5.75 Å². The van der Waals surface area contributed by atoms with Crippen molar-refractivity contribution in [3.05, 3.63) is 17.7 Å².